The van der Waals surface area contributed by atoms with Gasteiger partial charge in [-0.3, -0.25) is 0 Å². The zero-order valence-corrected chi connectivity index (χ0v) is 11.8. The molecule has 5 heteroatoms. The first-order chi connectivity index (χ1) is 9.21. The van der Waals surface area contributed by atoms with Gasteiger partial charge in [-0.1, -0.05) is 24.3 Å². The molecule has 108 valence electrons. The van der Waals surface area contributed by atoms with E-state index in [1.165, 1.54) is 0 Å². The van der Waals surface area contributed by atoms with E-state index in [1.54, 1.807) is 28.4 Å². The molecule has 0 amide bonds. The fourth-order valence-electron chi connectivity index (χ4n) is 2.07. The fraction of sp³-hybridized carbons (Fsp3) is 0.571. The summed E-state index contributed by atoms with van der Waals surface area (Å²) in [6.07, 6.45) is -0.963. The van der Waals surface area contributed by atoms with Gasteiger partial charge in [0.15, 0.2) is 12.6 Å². The highest BCUT2D eigenvalue weighted by atomic mass is 16.7. The van der Waals surface area contributed by atoms with Crippen molar-refractivity contribution in [1.82, 2.24) is 0 Å². The average molecular weight is 270 g/mol. The van der Waals surface area contributed by atoms with E-state index < -0.39 is 12.6 Å². The van der Waals surface area contributed by atoms with Gasteiger partial charge in [0.1, 0.15) is 0 Å². The zero-order valence-electron chi connectivity index (χ0n) is 11.8. The summed E-state index contributed by atoms with van der Waals surface area (Å²) >= 11 is 0. The third kappa shape index (κ3) is 3.99. The van der Waals surface area contributed by atoms with Crippen LogP contribution in [0.15, 0.2) is 24.3 Å². The van der Waals surface area contributed by atoms with E-state index >= 15 is 0 Å². The molecule has 0 fully saturated rings. The highest BCUT2D eigenvalue weighted by Crippen LogP contribution is 2.28. The standard InChI is InChI=1S/C14H22O5/c1-16-13(17-2)12(14(18-3)19-4)11-7-5-10(9-15)6-8-11/h5-8,12-15H,9H2,1-4H3. The van der Waals surface area contributed by atoms with Crippen molar-refractivity contribution in [1.29, 1.82) is 0 Å². The van der Waals surface area contributed by atoms with Crippen molar-refractivity contribution in [2.24, 2.45) is 0 Å². The van der Waals surface area contributed by atoms with Crippen molar-refractivity contribution < 1.29 is 24.1 Å². The van der Waals surface area contributed by atoms with Gasteiger partial charge in [-0.2, -0.15) is 0 Å². The molecule has 0 radical (unpaired) electrons. The van der Waals surface area contributed by atoms with Crippen LogP contribution in [-0.2, 0) is 25.6 Å². The lowest BCUT2D eigenvalue weighted by Gasteiger charge is -2.30. The van der Waals surface area contributed by atoms with Crippen molar-refractivity contribution in [3.8, 4) is 0 Å². The van der Waals surface area contributed by atoms with E-state index in [1.807, 2.05) is 24.3 Å². The summed E-state index contributed by atoms with van der Waals surface area (Å²) in [5.74, 6) is -0.224. The van der Waals surface area contributed by atoms with Gasteiger partial charge in [0.25, 0.3) is 0 Å². The van der Waals surface area contributed by atoms with Crippen LogP contribution in [0.3, 0.4) is 0 Å². The summed E-state index contributed by atoms with van der Waals surface area (Å²) in [6, 6.07) is 7.53. The van der Waals surface area contributed by atoms with Crippen LogP contribution in [0.2, 0.25) is 0 Å². The summed E-state index contributed by atoms with van der Waals surface area (Å²) in [6.45, 7) is 0.0148. The summed E-state index contributed by atoms with van der Waals surface area (Å²) < 4.78 is 21.3. The number of hydrogen-bond acceptors (Lipinski definition) is 5. The van der Waals surface area contributed by atoms with Gasteiger partial charge in [0.05, 0.1) is 12.5 Å². The van der Waals surface area contributed by atoms with Crippen molar-refractivity contribution in [2.45, 2.75) is 25.1 Å². The van der Waals surface area contributed by atoms with Crippen molar-refractivity contribution in [3.63, 3.8) is 0 Å². The molecule has 0 spiro atoms. The molecule has 0 saturated heterocycles. The van der Waals surface area contributed by atoms with Crippen molar-refractivity contribution >= 4 is 0 Å². The fourth-order valence-corrected chi connectivity index (χ4v) is 2.07. The highest BCUT2D eigenvalue weighted by molar-refractivity contribution is 5.26. The highest BCUT2D eigenvalue weighted by Gasteiger charge is 2.31. The lowest BCUT2D eigenvalue weighted by Crippen LogP contribution is -2.35. The third-order valence-electron chi connectivity index (χ3n) is 3.06. The minimum Gasteiger partial charge on any atom is -0.392 e. The van der Waals surface area contributed by atoms with Crippen LogP contribution in [-0.4, -0.2) is 46.1 Å². The Morgan fingerprint density at radius 2 is 1.26 bits per heavy atom. The van der Waals surface area contributed by atoms with Gasteiger partial charge in [-0.25, -0.2) is 0 Å². The predicted molar refractivity (Wildman–Crippen MR) is 70.7 cm³/mol. The molecular weight excluding hydrogens is 248 g/mol. The van der Waals surface area contributed by atoms with Gasteiger partial charge in [-0.05, 0) is 11.1 Å². The molecule has 1 N–H and O–H groups in total. The number of rotatable bonds is 8. The Balaban J connectivity index is 3.05. The topological polar surface area (TPSA) is 57.2 Å². The SMILES string of the molecule is COC(OC)C(c1ccc(CO)cc1)C(OC)OC. The summed E-state index contributed by atoms with van der Waals surface area (Å²) in [5, 5.41) is 9.07. The number of aliphatic hydroxyl groups excluding tert-OH is 1. The van der Waals surface area contributed by atoms with E-state index in [0.717, 1.165) is 11.1 Å². The summed E-state index contributed by atoms with van der Waals surface area (Å²) in [5.41, 5.74) is 1.81. The molecule has 0 atom stereocenters. The number of aliphatic hydroxyl groups is 1. The second kappa shape index (κ2) is 8.24. The van der Waals surface area contributed by atoms with Crippen molar-refractivity contribution in [2.75, 3.05) is 28.4 Å². The van der Waals surface area contributed by atoms with Crippen LogP contribution in [0.4, 0.5) is 0 Å². The smallest absolute Gasteiger partial charge is 0.168 e. The summed E-state index contributed by atoms with van der Waals surface area (Å²) in [7, 11) is 6.30. The number of benzene rings is 1. The van der Waals surface area contributed by atoms with Gasteiger partial charge in [-0.15, -0.1) is 0 Å². The molecule has 0 saturated carbocycles. The second-order valence-corrected chi connectivity index (χ2v) is 4.11. The van der Waals surface area contributed by atoms with Crippen LogP contribution in [0.1, 0.15) is 17.0 Å². The Morgan fingerprint density at radius 1 is 0.842 bits per heavy atom. The number of ether oxygens (including phenoxy) is 4. The van der Waals surface area contributed by atoms with Crippen molar-refractivity contribution in [3.05, 3.63) is 35.4 Å². The molecule has 1 aromatic carbocycles. The molecule has 19 heavy (non-hydrogen) atoms. The molecule has 0 aliphatic carbocycles. The van der Waals surface area contributed by atoms with E-state index in [4.69, 9.17) is 24.1 Å². The monoisotopic (exact) mass is 270 g/mol. The molecule has 0 heterocycles. The quantitative estimate of drug-likeness (QED) is 0.725. The summed E-state index contributed by atoms with van der Waals surface area (Å²) in [4.78, 5) is 0. The normalized spacial score (nSPS) is 11.8. The Kier molecular flexibility index (Phi) is 6.97. The number of methoxy groups -OCH3 is 4. The Bertz CT molecular complexity index is 331. The minimum atomic E-state index is -0.482. The lowest BCUT2D eigenvalue weighted by molar-refractivity contribution is -0.196. The first-order valence-electron chi connectivity index (χ1n) is 6.02. The molecule has 5 nitrogen and oxygen atoms in total. The second-order valence-electron chi connectivity index (χ2n) is 4.11. The maximum atomic E-state index is 9.07. The largest absolute Gasteiger partial charge is 0.392 e. The van der Waals surface area contributed by atoms with Gasteiger partial charge in [0.2, 0.25) is 0 Å². The van der Waals surface area contributed by atoms with E-state index in [2.05, 4.69) is 0 Å². The molecule has 0 aliphatic heterocycles. The Labute approximate surface area is 114 Å². The van der Waals surface area contributed by atoms with Gasteiger partial charge >= 0.3 is 0 Å². The molecule has 0 bridgehead atoms. The maximum Gasteiger partial charge on any atom is 0.168 e. The van der Waals surface area contributed by atoms with Crippen LogP contribution >= 0.6 is 0 Å². The maximum absolute atomic E-state index is 9.07. The lowest BCUT2D eigenvalue weighted by atomic mass is 9.96. The van der Waals surface area contributed by atoms with Crippen LogP contribution in [0, 0.1) is 0 Å². The molecule has 1 rings (SSSR count). The molecule has 0 aromatic heterocycles. The van der Waals surface area contributed by atoms with E-state index in [-0.39, 0.29) is 12.5 Å². The minimum absolute atomic E-state index is 0.0148. The predicted octanol–water partition coefficient (Wildman–Crippen LogP) is 1.50. The molecular formula is C14H22O5. The average Bonchev–Trinajstić information content (AvgIpc) is 2.48. The molecule has 1 aromatic rings. The van der Waals surface area contributed by atoms with E-state index in [9.17, 15) is 0 Å². The van der Waals surface area contributed by atoms with Crippen LogP contribution in [0.25, 0.3) is 0 Å². The first kappa shape index (κ1) is 16.1. The first-order valence-corrected chi connectivity index (χ1v) is 6.02. The molecule has 0 unspecified atom stereocenters. The third-order valence-corrected chi connectivity index (χ3v) is 3.06. The number of hydrogen-bond donors (Lipinski definition) is 1. The van der Waals surface area contributed by atoms with Gasteiger partial charge in [0, 0.05) is 28.4 Å². The van der Waals surface area contributed by atoms with Crippen LogP contribution < -0.4 is 0 Å². The van der Waals surface area contributed by atoms with Gasteiger partial charge < -0.3 is 24.1 Å². The Morgan fingerprint density at radius 3 is 1.58 bits per heavy atom. The zero-order chi connectivity index (χ0) is 14.3. The Hall–Kier alpha value is -0.980. The van der Waals surface area contributed by atoms with Crippen LogP contribution in [0.5, 0.6) is 0 Å². The van der Waals surface area contributed by atoms with E-state index in [0.29, 0.717) is 0 Å². The molecule has 0 aliphatic rings.